The van der Waals surface area contributed by atoms with Gasteiger partial charge in [0.25, 0.3) is 20.2 Å². The maximum absolute atomic E-state index is 14.8. The summed E-state index contributed by atoms with van der Waals surface area (Å²) >= 11 is 0. The number of morpholine rings is 1. The summed E-state index contributed by atoms with van der Waals surface area (Å²) in [7, 11) is -7.59. The van der Waals surface area contributed by atoms with Gasteiger partial charge in [-0.05, 0) is 212 Å². The van der Waals surface area contributed by atoms with Crippen molar-refractivity contribution in [3.8, 4) is 11.5 Å². The molecule has 0 spiro atoms. The normalized spacial score (nSPS) is 15.3. The summed E-state index contributed by atoms with van der Waals surface area (Å²) in [5.41, 5.74) is 0.00208. The predicted molar refractivity (Wildman–Crippen MR) is 532 cm³/mol. The van der Waals surface area contributed by atoms with Gasteiger partial charge in [-0.15, -0.1) is 10.2 Å². The Morgan fingerprint density at radius 1 is 0.461 bits per heavy atom. The third-order valence-electron chi connectivity index (χ3n) is 24.9. The fourth-order valence-corrected chi connectivity index (χ4v) is 20.3. The minimum Gasteiger partial charge on any atom is -0.487 e. The molecule has 0 radical (unpaired) electrons. The number of carbonyl (C=O) groups is 10. The summed E-state index contributed by atoms with van der Waals surface area (Å²) in [6.45, 7) is 26.0. The number of Topliss-reactive ketones (excluding diaryl/α,β-unsaturated/α-hetero) is 6. The number of hydrogen-bond donors (Lipinski definition) is 6. The van der Waals surface area contributed by atoms with E-state index in [2.05, 4.69) is 41.9 Å². The molecule has 4 amide bonds. The van der Waals surface area contributed by atoms with Crippen molar-refractivity contribution in [2.75, 3.05) is 66.2 Å². The molecular formula is C106H144N12O21S2. The van der Waals surface area contributed by atoms with E-state index in [4.69, 9.17) is 22.6 Å². The number of hydrogen-bond acceptors (Lipinski definition) is 27. The van der Waals surface area contributed by atoms with Gasteiger partial charge >= 0.3 is 0 Å². The van der Waals surface area contributed by atoms with Gasteiger partial charge in [0.05, 0.1) is 62.9 Å². The molecule has 1 fully saturated rings. The molecule has 1 aliphatic rings. The molecule has 0 bridgehead atoms. The van der Waals surface area contributed by atoms with Crippen LogP contribution in [-0.4, -0.2) is 227 Å². The summed E-state index contributed by atoms with van der Waals surface area (Å²) in [6.07, 6.45) is 4.76. The quantitative estimate of drug-likeness (QED) is 0.0193. The lowest BCUT2D eigenvalue weighted by Gasteiger charge is -2.30. The van der Waals surface area contributed by atoms with Crippen molar-refractivity contribution in [3.63, 3.8) is 0 Å². The van der Waals surface area contributed by atoms with Crippen LogP contribution >= 0.6 is 0 Å². The van der Waals surface area contributed by atoms with Gasteiger partial charge < -0.3 is 45.7 Å². The second-order valence-electron chi connectivity index (χ2n) is 39.7. The number of ketones is 6. The van der Waals surface area contributed by atoms with Crippen LogP contribution in [0, 0.1) is 75.0 Å². The first-order valence-corrected chi connectivity index (χ1v) is 51.6. The van der Waals surface area contributed by atoms with E-state index < -0.39 is 139 Å². The molecule has 766 valence electrons. The Balaban J connectivity index is 0.771. The zero-order chi connectivity index (χ0) is 103. The Bertz CT molecular complexity index is 5630. The minimum atomic E-state index is -4.71. The second-order valence-corrected chi connectivity index (χ2v) is 42.8. The van der Waals surface area contributed by atoms with Crippen LogP contribution in [0.1, 0.15) is 196 Å². The van der Waals surface area contributed by atoms with Gasteiger partial charge in [0.1, 0.15) is 88.5 Å². The first kappa shape index (κ1) is 113. The van der Waals surface area contributed by atoms with Crippen LogP contribution in [0.2, 0.25) is 0 Å². The molecule has 2 aromatic heterocycles. The Morgan fingerprint density at radius 2 is 0.787 bits per heavy atom. The summed E-state index contributed by atoms with van der Waals surface area (Å²) in [4.78, 5) is 148. The van der Waals surface area contributed by atoms with E-state index in [1.807, 2.05) is 152 Å². The summed E-state index contributed by atoms with van der Waals surface area (Å²) in [5, 5.41) is 52.4. The van der Waals surface area contributed by atoms with Crippen LogP contribution in [0.4, 0.5) is 0 Å². The third-order valence-corrected chi connectivity index (χ3v) is 28.0. The first-order valence-electron chi connectivity index (χ1n) is 48.8. The summed E-state index contributed by atoms with van der Waals surface area (Å²) < 4.78 is 88.4. The molecule has 0 saturated carbocycles. The number of rotatable bonds is 61. The molecule has 1 aliphatic heterocycles. The highest BCUT2D eigenvalue weighted by Gasteiger charge is 2.44. The van der Waals surface area contributed by atoms with Crippen molar-refractivity contribution in [2.24, 2.45) is 47.3 Å². The smallest absolute Gasteiger partial charge is 0.297 e. The molecule has 33 nitrogen and oxygen atoms in total. The van der Waals surface area contributed by atoms with E-state index in [1.165, 1.54) is 61.3 Å². The van der Waals surface area contributed by atoms with E-state index in [1.54, 1.807) is 60.9 Å². The average Bonchev–Trinajstić information content (AvgIpc) is 1.42. The number of nitrogens with one attached hydrogen (secondary N) is 4. The van der Waals surface area contributed by atoms with Crippen molar-refractivity contribution in [1.82, 2.24) is 61.1 Å². The zero-order valence-electron chi connectivity index (χ0n) is 84.4. The molecule has 3 heterocycles. The van der Waals surface area contributed by atoms with Gasteiger partial charge in [0, 0.05) is 62.4 Å². The highest BCUT2D eigenvalue weighted by atomic mass is 32.2. The van der Waals surface area contributed by atoms with Crippen LogP contribution in [0.25, 0.3) is 0 Å². The third kappa shape index (κ3) is 36.3. The number of likely N-dealkylation sites (N-methyl/N-ethyl adjacent to an activating group) is 1. The molecule has 9 rings (SSSR count). The van der Waals surface area contributed by atoms with Gasteiger partial charge in [-0.3, -0.25) is 66.1 Å². The largest absolute Gasteiger partial charge is 0.487 e. The number of amides is 4. The van der Waals surface area contributed by atoms with Crippen molar-refractivity contribution in [3.05, 3.63) is 214 Å². The number of carbonyl (C=O) groups excluding carboxylic acids is 10. The number of nitrogens with zero attached hydrogens (tertiary/aromatic N) is 8. The molecule has 8 aromatic rings. The maximum atomic E-state index is 14.8. The van der Waals surface area contributed by atoms with Crippen molar-refractivity contribution < 1.29 is 97.6 Å². The minimum absolute atomic E-state index is 0.0127. The number of aliphatic hydroxyl groups is 2. The Labute approximate surface area is 830 Å². The number of aryl methyl sites for hydroxylation is 6. The molecule has 35 heteroatoms. The maximum Gasteiger partial charge on any atom is 0.297 e. The van der Waals surface area contributed by atoms with Gasteiger partial charge in [-0.2, -0.15) is 16.8 Å². The number of ether oxygens (including phenoxy) is 3. The fraction of sp³-hybridized carbons (Fsp3) is 0.528. The lowest BCUT2D eigenvalue weighted by Crippen LogP contribution is -2.54. The zero-order valence-corrected chi connectivity index (χ0v) is 86.0. The topological polar surface area (TPSA) is 442 Å². The molecule has 0 aliphatic carbocycles. The van der Waals surface area contributed by atoms with Crippen molar-refractivity contribution in [1.29, 1.82) is 0 Å². The second kappa shape index (κ2) is 53.7. The Kier molecular flexibility index (Phi) is 43.2. The number of aromatic nitrogens is 6. The van der Waals surface area contributed by atoms with E-state index in [0.717, 1.165) is 25.0 Å². The molecule has 141 heavy (non-hydrogen) atoms. The van der Waals surface area contributed by atoms with Gasteiger partial charge in [-0.1, -0.05) is 194 Å². The van der Waals surface area contributed by atoms with E-state index in [0.29, 0.717) is 81.0 Å². The highest BCUT2D eigenvalue weighted by Crippen LogP contribution is 2.33. The Morgan fingerprint density at radius 3 is 1.13 bits per heavy atom. The lowest BCUT2D eigenvalue weighted by atomic mass is 9.86. The molecule has 1 saturated heterocycles. The molecule has 6 aromatic carbocycles. The summed E-state index contributed by atoms with van der Waals surface area (Å²) in [5.74, 6) is -8.99. The van der Waals surface area contributed by atoms with Crippen LogP contribution in [0.5, 0.6) is 11.5 Å². The highest BCUT2D eigenvalue weighted by molar-refractivity contribution is 7.87. The monoisotopic (exact) mass is 1990 g/mol. The van der Waals surface area contributed by atoms with Crippen LogP contribution in [0.15, 0.2) is 168 Å². The standard InChI is InChI=1S/C106H144N12O21S2/c1-17-115(16)62-87(119)56-81(40-38-77-30-22-18-23-31-77)101(125)107-91(46-69(2)3)95(121)58-83(54-79-34-26-20-27-35-79)103(127)109-93(48-71(6)7)99(123)105(14,129)66-138-140(131,132)97-73(10)50-89(51-74(97)11)136-64-85-60-117(113-111-85)68-118-61-86(112-114-118)65-137-90-52-75(12)98(76(13)53-90)141(133,134)139-67-106(15,130)100(124)94(49-72(8)9)110-104(128)84(55-80-36-28-21-29-37-80)59-96(122)92(47-70(4)5)108-102(126)82(41-39-78-32-24-19-25-33-78)57-88(120)63-116-42-44-135-45-43-116/h18-37,50-53,60-61,69-72,81-84,91-94,129-130H,17,38-49,54-59,62-68H2,1-16H3,(H,107,125)(H,108,126)(H,109,127)(H,110,128)/t81-,82-,83-,84-,91+,92+,93+,94+,105?,106?/m1/s1. The van der Waals surface area contributed by atoms with Crippen molar-refractivity contribution in [2.45, 2.75) is 259 Å². The predicted octanol–water partition coefficient (Wildman–Crippen LogP) is 11.3. The molecule has 6 N–H and O–H groups in total. The van der Waals surface area contributed by atoms with Crippen molar-refractivity contribution >= 4 is 78.6 Å². The van der Waals surface area contributed by atoms with E-state index in [9.17, 15) is 75.0 Å². The Hall–Kier alpha value is -11.3. The summed E-state index contributed by atoms with van der Waals surface area (Å²) in [6, 6.07) is 38.3. The van der Waals surface area contributed by atoms with Crippen LogP contribution in [-0.2, 0) is 127 Å². The van der Waals surface area contributed by atoms with Gasteiger partial charge in [-0.25, -0.2) is 9.36 Å². The lowest BCUT2D eigenvalue weighted by molar-refractivity contribution is -0.144. The van der Waals surface area contributed by atoms with E-state index in [-0.39, 0.29) is 176 Å². The molecule has 10 atom stereocenters. The van der Waals surface area contributed by atoms with Gasteiger partial charge in [0.2, 0.25) is 23.6 Å². The first-order chi connectivity index (χ1) is 66.7. The SMILES string of the molecule is CCN(C)CC(=O)C[C@@H](CCc1ccccc1)C(=O)N[C@@H](CC(C)C)C(=O)C[C@@H](Cc1ccccc1)C(=O)N[C@@H](CC(C)C)C(=O)C(C)(O)COS(=O)(=O)c1c(C)cc(OCc2cn(Cn3cc(COc4cc(C)c(S(=O)(=O)OCC(C)(O)C(=O)[C@H](CC(C)C)NC(=O)[C@@H](CC(=O)[C@H](CC(C)C)NC(=O)[C@H](CCc5ccccc5)CC(=O)CN5CCOCC5)Cc5ccccc5)c(C)c4)nn3)nn2)cc1C. The fourth-order valence-electron chi connectivity index (χ4n) is 17.4. The average molecular weight is 1990 g/mol. The molecular weight excluding hydrogens is 1840 g/mol. The van der Waals surface area contributed by atoms with Gasteiger partial charge in [0.15, 0.2) is 23.1 Å². The molecule has 2 unspecified atom stereocenters. The number of benzene rings is 6. The van der Waals surface area contributed by atoms with Crippen LogP contribution < -0.4 is 30.7 Å². The van der Waals surface area contributed by atoms with Crippen LogP contribution in [0.3, 0.4) is 0 Å². The van der Waals surface area contributed by atoms with E-state index >= 15 is 0 Å².